The Labute approximate surface area is 341 Å². The van der Waals surface area contributed by atoms with Gasteiger partial charge in [-0.05, 0) is 129 Å². The molecule has 0 aliphatic heterocycles. The minimum absolute atomic E-state index is 0.0461. The zero-order valence-electron chi connectivity index (χ0n) is 29.3. The lowest BCUT2D eigenvalue weighted by molar-refractivity contribution is -0.138. The number of fused-ring (bicyclic) bond motifs is 2. The smallest absolute Gasteiger partial charge is 0.416 e. The number of halogens is 8. The molecular weight excluding hydrogens is 890 g/mol. The fourth-order valence-corrected chi connectivity index (χ4v) is 7.70. The molecule has 0 bridgehead atoms. The molecule has 58 heavy (non-hydrogen) atoms. The summed E-state index contributed by atoms with van der Waals surface area (Å²) < 4.78 is 94.1. The fourth-order valence-electron chi connectivity index (χ4n) is 6.98. The molecule has 0 radical (unpaired) electrons. The lowest BCUT2D eigenvalue weighted by Crippen LogP contribution is -2.04. The van der Waals surface area contributed by atoms with Crippen LogP contribution in [0.1, 0.15) is 11.1 Å². The highest BCUT2D eigenvalue weighted by molar-refractivity contribution is 9.10. The van der Waals surface area contributed by atoms with Gasteiger partial charge in [0.05, 0.1) is 11.1 Å². The van der Waals surface area contributed by atoms with E-state index in [0.717, 1.165) is 77.0 Å². The van der Waals surface area contributed by atoms with Crippen LogP contribution in [0.5, 0.6) is 0 Å². The van der Waals surface area contributed by atoms with Gasteiger partial charge in [-0.1, -0.05) is 80.4 Å². The first-order valence-corrected chi connectivity index (χ1v) is 19.0. The summed E-state index contributed by atoms with van der Waals surface area (Å²) in [6, 6.07) is 36.5. The fraction of sp³-hybridized carbons (Fsp3) is 0.0455. The monoisotopic (exact) mass is 910 g/mol. The van der Waals surface area contributed by atoms with Crippen LogP contribution in [0.4, 0.5) is 26.3 Å². The Balaban J connectivity index is 1.16. The van der Waals surface area contributed by atoms with Crippen LogP contribution < -0.4 is 0 Å². The van der Waals surface area contributed by atoms with Gasteiger partial charge in [-0.2, -0.15) is 26.3 Å². The molecule has 0 aliphatic carbocycles. The highest BCUT2D eigenvalue weighted by Gasteiger charge is 2.32. The molecule has 0 fully saturated rings. The zero-order valence-corrected chi connectivity index (χ0v) is 32.5. The van der Waals surface area contributed by atoms with Crippen molar-refractivity contribution in [3.63, 3.8) is 0 Å². The molecule has 9 aromatic rings. The van der Waals surface area contributed by atoms with Gasteiger partial charge < -0.3 is 8.83 Å². The molecule has 2 heterocycles. The summed E-state index contributed by atoms with van der Waals surface area (Å²) in [4.78, 5) is 0. The van der Waals surface area contributed by atoms with E-state index in [2.05, 4.69) is 52.3 Å². The first kappa shape index (κ1) is 37.5. The molecular formula is C44H22Br2F6N4O2. The van der Waals surface area contributed by atoms with E-state index in [1.807, 2.05) is 72.8 Å². The quantitative estimate of drug-likeness (QED) is 0.122. The van der Waals surface area contributed by atoms with Gasteiger partial charge in [0.1, 0.15) is 0 Å². The molecule has 7 aromatic carbocycles. The lowest BCUT2D eigenvalue weighted by atomic mass is 9.85. The molecule has 0 saturated carbocycles. The Kier molecular flexibility index (Phi) is 9.28. The van der Waals surface area contributed by atoms with Crippen LogP contribution in [0, 0.1) is 0 Å². The maximum atomic E-state index is 13.4. The Bertz CT molecular complexity index is 2840. The van der Waals surface area contributed by atoms with E-state index in [-0.39, 0.29) is 34.7 Å². The van der Waals surface area contributed by atoms with Gasteiger partial charge in [0.25, 0.3) is 0 Å². The Morgan fingerprint density at radius 1 is 0.362 bits per heavy atom. The van der Waals surface area contributed by atoms with Crippen LogP contribution in [0.3, 0.4) is 0 Å². The number of nitrogens with zero attached hydrogens (tertiary/aromatic N) is 4. The maximum absolute atomic E-state index is 13.4. The van der Waals surface area contributed by atoms with Crippen molar-refractivity contribution in [1.82, 2.24) is 20.4 Å². The number of hydrogen-bond donors (Lipinski definition) is 0. The van der Waals surface area contributed by atoms with Gasteiger partial charge in [-0.3, -0.25) is 0 Å². The second-order valence-corrected chi connectivity index (χ2v) is 15.1. The van der Waals surface area contributed by atoms with Crippen molar-refractivity contribution >= 4 is 53.4 Å². The van der Waals surface area contributed by atoms with Crippen molar-refractivity contribution in [2.24, 2.45) is 0 Å². The second-order valence-electron chi connectivity index (χ2n) is 13.3. The van der Waals surface area contributed by atoms with Crippen LogP contribution in [-0.2, 0) is 12.4 Å². The van der Waals surface area contributed by atoms with E-state index in [1.165, 1.54) is 24.3 Å². The first-order valence-electron chi connectivity index (χ1n) is 17.4. The van der Waals surface area contributed by atoms with Crippen LogP contribution in [0.25, 0.3) is 89.6 Å². The van der Waals surface area contributed by atoms with Gasteiger partial charge in [-0.15, -0.1) is 20.4 Å². The number of rotatable bonds is 6. The van der Waals surface area contributed by atoms with Crippen molar-refractivity contribution < 1.29 is 35.2 Å². The number of aromatic nitrogens is 4. The van der Waals surface area contributed by atoms with Crippen molar-refractivity contribution in [1.29, 1.82) is 0 Å². The van der Waals surface area contributed by atoms with Crippen LogP contribution in [-0.4, -0.2) is 20.4 Å². The highest BCUT2D eigenvalue weighted by atomic mass is 79.9. The van der Waals surface area contributed by atoms with Crippen molar-refractivity contribution in [2.45, 2.75) is 12.4 Å². The van der Waals surface area contributed by atoms with Gasteiger partial charge in [0, 0.05) is 31.2 Å². The van der Waals surface area contributed by atoms with E-state index >= 15 is 0 Å². The summed E-state index contributed by atoms with van der Waals surface area (Å²) in [5.41, 5.74) is 3.23. The number of hydrogen-bond acceptors (Lipinski definition) is 6. The van der Waals surface area contributed by atoms with E-state index in [1.54, 1.807) is 12.1 Å². The molecule has 14 heteroatoms. The predicted octanol–water partition coefficient (Wildman–Crippen LogP) is 14.3. The SMILES string of the molecule is FC(F)(F)c1cccc(-c2nnc(-c3cccc(-c4c5ccc(Br)cc5c(-c5cccc(-c6nnc(-c7cccc(C(F)(F)F)c7)o6)c5)c5ccc(Br)cc45)c3)o2)c1. The summed E-state index contributed by atoms with van der Waals surface area (Å²) in [6.45, 7) is 0. The molecule has 0 saturated heterocycles. The van der Waals surface area contributed by atoms with E-state index < -0.39 is 23.5 Å². The molecule has 6 nitrogen and oxygen atoms in total. The minimum Gasteiger partial charge on any atom is -0.416 e. The van der Waals surface area contributed by atoms with Gasteiger partial charge in [0.15, 0.2) is 0 Å². The topological polar surface area (TPSA) is 77.8 Å². The Morgan fingerprint density at radius 3 is 1.05 bits per heavy atom. The average molecular weight is 912 g/mol. The zero-order chi connectivity index (χ0) is 40.3. The molecule has 0 spiro atoms. The Hall–Kier alpha value is -6.12. The third-order valence-corrected chi connectivity index (χ3v) is 10.5. The standard InChI is InChI=1S/C44H22Br2F6N4O2/c45-31-14-16-34-35(21-31)37(23-5-1-7-25(17-23)39-53-55-41(57-39)27-9-3-11-29(19-27)43(47,48)49)33-15-13-32(46)22-36(33)38(34)24-6-2-8-26(18-24)40-54-56-42(58-40)28-10-4-12-30(20-28)44(50,51)52/h1-22H. The van der Waals surface area contributed by atoms with Crippen molar-refractivity contribution in [2.75, 3.05) is 0 Å². The second kappa shape index (κ2) is 14.4. The molecule has 0 unspecified atom stereocenters. The van der Waals surface area contributed by atoms with Gasteiger partial charge in [0.2, 0.25) is 23.6 Å². The number of benzene rings is 7. The van der Waals surface area contributed by atoms with Crippen molar-refractivity contribution in [3.8, 4) is 68.1 Å². The van der Waals surface area contributed by atoms with Crippen molar-refractivity contribution in [3.05, 3.63) is 154 Å². The summed E-state index contributed by atoms with van der Waals surface area (Å²) in [6.07, 6.45) is -9.06. The molecule has 9 rings (SSSR count). The minimum atomic E-state index is -4.53. The lowest BCUT2D eigenvalue weighted by Gasteiger charge is -2.19. The van der Waals surface area contributed by atoms with Gasteiger partial charge >= 0.3 is 12.4 Å². The average Bonchev–Trinajstić information content (AvgIpc) is 3.91. The third kappa shape index (κ3) is 7.06. The molecule has 0 atom stereocenters. The summed E-state index contributed by atoms with van der Waals surface area (Å²) in [5, 5.41) is 20.1. The maximum Gasteiger partial charge on any atom is 0.416 e. The van der Waals surface area contributed by atoms with Crippen LogP contribution in [0.15, 0.2) is 151 Å². The predicted molar refractivity (Wildman–Crippen MR) is 215 cm³/mol. The van der Waals surface area contributed by atoms with E-state index in [9.17, 15) is 26.3 Å². The molecule has 0 aliphatic rings. The molecule has 2 aromatic heterocycles. The number of alkyl halides is 6. The summed E-state index contributed by atoms with van der Waals surface area (Å²) in [5.74, 6) is 0.181. The molecule has 0 amide bonds. The van der Waals surface area contributed by atoms with Crippen LogP contribution >= 0.6 is 31.9 Å². The highest BCUT2D eigenvalue weighted by Crippen LogP contribution is 2.46. The van der Waals surface area contributed by atoms with E-state index in [4.69, 9.17) is 8.83 Å². The van der Waals surface area contributed by atoms with Gasteiger partial charge in [-0.25, -0.2) is 0 Å². The van der Waals surface area contributed by atoms with Crippen LogP contribution in [0.2, 0.25) is 0 Å². The van der Waals surface area contributed by atoms with E-state index in [0.29, 0.717) is 11.1 Å². The largest absolute Gasteiger partial charge is 0.416 e. The molecule has 0 N–H and O–H groups in total. The Morgan fingerprint density at radius 2 is 0.690 bits per heavy atom. The summed E-state index contributed by atoms with van der Waals surface area (Å²) >= 11 is 7.33. The normalized spacial score (nSPS) is 12.1. The molecule has 286 valence electrons. The third-order valence-electron chi connectivity index (χ3n) is 9.56. The summed E-state index contributed by atoms with van der Waals surface area (Å²) in [7, 11) is 0. The first-order chi connectivity index (χ1) is 27.8.